The van der Waals surface area contributed by atoms with Gasteiger partial charge in [0.1, 0.15) is 5.82 Å². The topological polar surface area (TPSA) is 50.1 Å². The van der Waals surface area contributed by atoms with Gasteiger partial charge in [0.05, 0.1) is 22.1 Å². The summed E-state index contributed by atoms with van der Waals surface area (Å²) in [6.07, 6.45) is -10.1. The monoisotopic (exact) mass is 672 g/mol. The van der Waals surface area contributed by atoms with E-state index >= 15 is 0 Å². The van der Waals surface area contributed by atoms with Crippen LogP contribution >= 0.6 is 15.9 Å². The van der Waals surface area contributed by atoms with E-state index in [1.807, 2.05) is 6.92 Å². The van der Waals surface area contributed by atoms with Crippen LogP contribution in [0.15, 0.2) is 35.1 Å². The number of benzene rings is 1. The average molecular weight is 673 g/mol. The van der Waals surface area contributed by atoms with Crippen molar-refractivity contribution >= 4 is 27.7 Å². The first-order chi connectivity index (χ1) is 19.5. The maximum atomic E-state index is 14.3. The molecule has 0 unspecified atom stereocenters. The molecule has 0 amide bonds. The molecule has 230 valence electrons. The molecular weight excluding hydrogens is 647 g/mol. The Morgan fingerprint density at radius 1 is 0.857 bits per heavy atom. The van der Waals surface area contributed by atoms with Crippen LogP contribution in [0, 0.1) is 5.92 Å². The van der Waals surface area contributed by atoms with Crippen LogP contribution in [-0.2, 0) is 38.7 Å². The fraction of sp³-hybridized carbons (Fsp3) is 0.500. The Morgan fingerprint density at radius 2 is 1.43 bits per heavy atom. The van der Waals surface area contributed by atoms with Gasteiger partial charge in [0.15, 0.2) is 5.69 Å². The van der Waals surface area contributed by atoms with E-state index in [-0.39, 0.29) is 23.4 Å². The van der Waals surface area contributed by atoms with Crippen molar-refractivity contribution in [1.82, 2.24) is 19.7 Å². The predicted molar refractivity (Wildman–Crippen MR) is 140 cm³/mol. The van der Waals surface area contributed by atoms with Crippen LogP contribution in [0.25, 0.3) is 0 Å². The molecule has 1 aliphatic rings. The molecule has 4 rings (SSSR count). The Kier molecular flexibility index (Phi) is 9.05. The summed E-state index contributed by atoms with van der Waals surface area (Å²) in [5.41, 5.74) is -5.01. The smallest absolute Gasteiger partial charge is 0.356 e. The molecule has 0 aliphatic heterocycles. The molecule has 0 atom stereocenters. The number of rotatable bonds is 10. The van der Waals surface area contributed by atoms with Crippen LogP contribution in [0.1, 0.15) is 54.1 Å². The highest BCUT2D eigenvalue weighted by Gasteiger charge is 2.41. The average Bonchev–Trinajstić information content (AvgIpc) is 3.63. The number of alkyl halides is 9. The highest BCUT2D eigenvalue weighted by molar-refractivity contribution is 9.10. The quantitative estimate of drug-likeness (QED) is 0.205. The Labute approximate surface area is 243 Å². The normalized spacial score (nSPS) is 14.4. The molecule has 1 aliphatic carbocycles. The fourth-order valence-electron chi connectivity index (χ4n) is 4.68. The zero-order chi connectivity index (χ0) is 31.0. The van der Waals surface area contributed by atoms with Crippen molar-refractivity contribution in [3.63, 3.8) is 0 Å². The molecule has 0 N–H and O–H groups in total. The van der Waals surface area contributed by atoms with Gasteiger partial charge in [-0.2, -0.15) is 44.6 Å². The Balaban J connectivity index is 1.85. The lowest BCUT2D eigenvalue weighted by Gasteiger charge is -2.29. The molecule has 3 aromatic rings. The molecule has 6 nitrogen and oxygen atoms in total. The van der Waals surface area contributed by atoms with E-state index in [4.69, 9.17) is 0 Å². The molecule has 0 bridgehead atoms. The van der Waals surface area contributed by atoms with Gasteiger partial charge < -0.3 is 9.80 Å². The molecule has 1 fully saturated rings. The maximum Gasteiger partial charge on any atom is 0.435 e. The van der Waals surface area contributed by atoms with Crippen molar-refractivity contribution in [3.8, 4) is 0 Å². The minimum atomic E-state index is -5.10. The van der Waals surface area contributed by atoms with E-state index < -0.39 is 54.0 Å². The molecule has 1 aromatic carbocycles. The summed E-state index contributed by atoms with van der Waals surface area (Å²) in [4.78, 5) is 11.1. The molecule has 0 saturated heterocycles. The molecule has 2 heterocycles. The summed E-state index contributed by atoms with van der Waals surface area (Å²) < 4.78 is 126. The SMILES string of the molecule is CCCN(CC1CC1)c1c(CN(Cc2cc(C(F)(F)F)cc(C(F)(F)F)c2)c2ncc(Br)cn2)c(C(F)(F)F)nn1C. The van der Waals surface area contributed by atoms with Crippen LogP contribution in [0.4, 0.5) is 51.3 Å². The first-order valence-corrected chi connectivity index (χ1v) is 13.7. The summed E-state index contributed by atoms with van der Waals surface area (Å²) in [5, 5.41) is 3.75. The van der Waals surface area contributed by atoms with Crippen molar-refractivity contribution in [2.45, 2.75) is 57.8 Å². The van der Waals surface area contributed by atoms with Crippen LogP contribution in [0.3, 0.4) is 0 Å². The second-order valence-corrected chi connectivity index (χ2v) is 11.0. The first-order valence-electron chi connectivity index (χ1n) is 12.9. The lowest BCUT2D eigenvalue weighted by atomic mass is 10.0. The Hall–Kier alpha value is -3.04. The summed E-state index contributed by atoms with van der Waals surface area (Å²) in [7, 11) is 1.37. The third kappa shape index (κ3) is 7.67. The second-order valence-electron chi connectivity index (χ2n) is 10.1. The summed E-state index contributed by atoms with van der Waals surface area (Å²) >= 11 is 3.15. The van der Waals surface area contributed by atoms with Crippen molar-refractivity contribution < 1.29 is 39.5 Å². The number of nitrogens with zero attached hydrogens (tertiary/aromatic N) is 6. The van der Waals surface area contributed by atoms with E-state index in [2.05, 4.69) is 31.0 Å². The lowest BCUT2D eigenvalue weighted by Crippen LogP contribution is -2.31. The third-order valence-corrected chi connectivity index (χ3v) is 7.02. The Bertz CT molecular complexity index is 1350. The fourth-order valence-corrected chi connectivity index (χ4v) is 4.89. The van der Waals surface area contributed by atoms with Crippen LogP contribution in [0.5, 0.6) is 0 Å². The van der Waals surface area contributed by atoms with Crippen molar-refractivity contribution in [2.75, 3.05) is 22.9 Å². The summed E-state index contributed by atoms with van der Waals surface area (Å²) in [5.74, 6) is 0.264. The second kappa shape index (κ2) is 11.9. The van der Waals surface area contributed by atoms with Gasteiger partial charge in [-0.25, -0.2) is 9.97 Å². The molecule has 42 heavy (non-hydrogen) atoms. The number of halogens is 10. The minimum absolute atomic E-state index is 0.00848. The maximum absolute atomic E-state index is 14.3. The summed E-state index contributed by atoms with van der Waals surface area (Å²) in [6, 6.07) is 1.06. The molecule has 0 radical (unpaired) electrons. The van der Waals surface area contributed by atoms with Gasteiger partial charge in [-0.3, -0.25) is 4.68 Å². The largest absolute Gasteiger partial charge is 0.435 e. The van der Waals surface area contributed by atoms with E-state index in [0.717, 1.165) is 22.4 Å². The van der Waals surface area contributed by atoms with E-state index in [1.54, 1.807) is 4.90 Å². The van der Waals surface area contributed by atoms with Crippen LogP contribution < -0.4 is 9.80 Å². The standard InChI is InChI=1S/C26H26BrF9N6/c1-3-6-41(12-15-4-5-15)22-20(21(26(34,35)36)39-40(22)2)14-42(23-37-10-19(27)11-38-23)13-16-7-17(24(28,29)30)9-18(8-16)25(31,32)33/h7-11,15H,3-6,12-14H2,1-2H3. The molecule has 1 saturated carbocycles. The van der Waals surface area contributed by atoms with E-state index in [1.165, 1.54) is 19.4 Å². The highest BCUT2D eigenvalue weighted by atomic mass is 79.9. The van der Waals surface area contributed by atoms with Crippen LogP contribution in [-0.4, -0.2) is 32.8 Å². The number of anilines is 2. The van der Waals surface area contributed by atoms with Crippen molar-refractivity contribution in [1.29, 1.82) is 0 Å². The van der Waals surface area contributed by atoms with Gasteiger partial charge >= 0.3 is 18.5 Å². The lowest BCUT2D eigenvalue weighted by molar-refractivity contribution is -0.143. The summed E-state index contributed by atoms with van der Waals surface area (Å²) in [6.45, 7) is 1.51. The van der Waals surface area contributed by atoms with Crippen LogP contribution in [0.2, 0.25) is 0 Å². The minimum Gasteiger partial charge on any atom is -0.356 e. The molecule has 2 aromatic heterocycles. The predicted octanol–water partition coefficient (Wildman–Crippen LogP) is 7.86. The van der Waals surface area contributed by atoms with Crippen molar-refractivity contribution in [2.24, 2.45) is 13.0 Å². The Morgan fingerprint density at radius 3 is 1.90 bits per heavy atom. The molecule has 0 spiro atoms. The van der Waals surface area contributed by atoms with E-state index in [9.17, 15) is 39.5 Å². The number of aromatic nitrogens is 4. The first kappa shape index (κ1) is 31.9. The third-order valence-electron chi connectivity index (χ3n) is 6.61. The van der Waals surface area contributed by atoms with Gasteiger partial charge in [-0.15, -0.1) is 0 Å². The van der Waals surface area contributed by atoms with E-state index in [0.29, 0.717) is 42.0 Å². The number of hydrogen-bond donors (Lipinski definition) is 0. The molecule has 16 heteroatoms. The zero-order valence-electron chi connectivity index (χ0n) is 22.4. The van der Waals surface area contributed by atoms with Gasteiger partial charge in [0.25, 0.3) is 0 Å². The van der Waals surface area contributed by atoms with Gasteiger partial charge in [0, 0.05) is 44.6 Å². The highest BCUT2D eigenvalue weighted by Crippen LogP contribution is 2.40. The molecular formula is C26H26BrF9N6. The van der Waals surface area contributed by atoms with Gasteiger partial charge in [-0.1, -0.05) is 6.92 Å². The van der Waals surface area contributed by atoms with Crippen molar-refractivity contribution in [3.05, 3.63) is 63.0 Å². The van der Waals surface area contributed by atoms with Gasteiger partial charge in [-0.05, 0) is 64.9 Å². The van der Waals surface area contributed by atoms with Gasteiger partial charge in [0.2, 0.25) is 5.95 Å². The zero-order valence-corrected chi connectivity index (χ0v) is 24.0. The number of aryl methyl sites for hydroxylation is 1. The number of hydrogen-bond acceptors (Lipinski definition) is 5.